The van der Waals surface area contributed by atoms with E-state index in [2.05, 4.69) is 10.6 Å². The van der Waals surface area contributed by atoms with Gasteiger partial charge in [0.25, 0.3) is 0 Å². The lowest BCUT2D eigenvalue weighted by atomic mass is 9.93. The highest BCUT2D eigenvalue weighted by Crippen LogP contribution is 2.35. The fraction of sp³-hybridized carbons (Fsp3) is 0.741. The average molecular weight is 647 g/mol. The van der Waals surface area contributed by atoms with E-state index in [1.54, 1.807) is 0 Å². The van der Waals surface area contributed by atoms with Crippen LogP contribution in [-0.4, -0.2) is 122 Å². The van der Waals surface area contributed by atoms with Gasteiger partial charge in [-0.2, -0.15) is 0 Å². The topological polar surface area (TPSA) is 227 Å². The Kier molecular flexibility index (Phi) is 12.2. The third-order valence-corrected chi connectivity index (χ3v) is 6.78. The van der Waals surface area contributed by atoms with Crippen LogP contribution in [0.4, 0.5) is 0 Å². The van der Waals surface area contributed by atoms with Gasteiger partial charge in [0.05, 0.1) is 0 Å². The molecule has 0 bridgehead atoms. The Balaban J connectivity index is 2.08. The first kappa shape index (κ1) is 35.6. The van der Waals surface area contributed by atoms with Crippen molar-refractivity contribution in [2.24, 2.45) is 0 Å². The van der Waals surface area contributed by atoms with E-state index < -0.39 is 122 Å². The van der Waals surface area contributed by atoms with Gasteiger partial charge in [-0.25, -0.2) is 0 Å². The first-order chi connectivity index (χ1) is 21.1. The molecule has 18 nitrogen and oxygen atoms in total. The molecule has 252 valence electrons. The van der Waals surface area contributed by atoms with E-state index in [0.717, 1.165) is 41.5 Å². The lowest BCUT2D eigenvalue weighted by Gasteiger charge is -2.51. The molecule has 3 aliphatic rings. The van der Waals surface area contributed by atoms with Crippen LogP contribution in [0.3, 0.4) is 0 Å². The van der Waals surface area contributed by atoms with Crippen LogP contribution >= 0.6 is 0 Å². The fourth-order valence-electron chi connectivity index (χ4n) is 5.12. The summed E-state index contributed by atoms with van der Waals surface area (Å²) in [5.41, 5.74) is 0. The van der Waals surface area contributed by atoms with Crippen LogP contribution in [0.1, 0.15) is 48.5 Å². The maximum absolute atomic E-state index is 12.7. The van der Waals surface area contributed by atoms with E-state index >= 15 is 0 Å². The Hall–Kier alpha value is -3.87. The predicted molar refractivity (Wildman–Crippen MR) is 142 cm³/mol. The molecule has 0 spiro atoms. The summed E-state index contributed by atoms with van der Waals surface area (Å²) in [6, 6.07) is -2.50. The second-order valence-electron chi connectivity index (χ2n) is 10.6. The second-order valence-corrected chi connectivity index (χ2v) is 10.6. The van der Waals surface area contributed by atoms with Crippen LogP contribution in [0.2, 0.25) is 0 Å². The normalized spacial score (nSPS) is 34.2. The number of carbonyl (C=O) groups is 7. The second kappa shape index (κ2) is 15.4. The number of amides is 2. The van der Waals surface area contributed by atoms with Crippen LogP contribution < -0.4 is 10.6 Å². The van der Waals surface area contributed by atoms with Gasteiger partial charge in [0.15, 0.2) is 18.5 Å². The van der Waals surface area contributed by atoms with Crippen LogP contribution in [0.25, 0.3) is 0 Å². The molecule has 3 fully saturated rings. The van der Waals surface area contributed by atoms with Gasteiger partial charge in [-0.1, -0.05) is 0 Å². The zero-order chi connectivity index (χ0) is 33.6. The number of ether oxygens (including phenoxy) is 9. The molecule has 2 amide bonds. The summed E-state index contributed by atoms with van der Waals surface area (Å²) in [6.45, 7) is 7.32. The molecule has 2 N–H and O–H groups in total. The molecular weight excluding hydrogens is 608 g/mol. The van der Waals surface area contributed by atoms with Gasteiger partial charge < -0.3 is 53.3 Å². The summed E-state index contributed by atoms with van der Waals surface area (Å²) in [5.74, 6) is -4.90. The third kappa shape index (κ3) is 9.56. The van der Waals surface area contributed by atoms with Crippen molar-refractivity contribution in [3.63, 3.8) is 0 Å². The molecule has 0 unspecified atom stereocenters. The van der Waals surface area contributed by atoms with Gasteiger partial charge in [-0.3, -0.25) is 33.6 Å². The molecule has 0 aliphatic carbocycles. The molecule has 3 heterocycles. The Labute approximate surface area is 257 Å². The predicted octanol–water partition coefficient (Wildman–Crippen LogP) is -1.85. The van der Waals surface area contributed by atoms with E-state index in [1.165, 1.54) is 6.92 Å². The highest BCUT2D eigenvalue weighted by Gasteiger charge is 2.57. The first-order valence-electron chi connectivity index (χ1n) is 14.0. The number of fused-ring (bicyclic) bond motifs is 1. The largest absolute Gasteiger partial charge is 0.463 e. The zero-order valence-corrected chi connectivity index (χ0v) is 25.8. The minimum absolute atomic E-state index is 0.420. The average Bonchev–Trinajstić information content (AvgIpc) is 2.91. The number of nitrogens with one attached hydrogen (secondary N) is 2. The van der Waals surface area contributed by atoms with E-state index in [0.29, 0.717) is 0 Å². The third-order valence-electron chi connectivity index (χ3n) is 6.78. The van der Waals surface area contributed by atoms with Gasteiger partial charge >= 0.3 is 29.8 Å². The molecule has 18 heteroatoms. The molecule has 0 saturated carbocycles. The quantitative estimate of drug-likeness (QED) is 0.196. The van der Waals surface area contributed by atoms with Crippen molar-refractivity contribution in [3.8, 4) is 0 Å². The van der Waals surface area contributed by atoms with Gasteiger partial charge in [0.1, 0.15) is 55.8 Å². The number of hydrogen-bond donors (Lipinski definition) is 2. The lowest BCUT2D eigenvalue weighted by molar-refractivity contribution is -0.336. The van der Waals surface area contributed by atoms with Crippen molar-refractivity contribution in [1.29, 1.82) is 0 Å². The van der Waals surface area contributed by atoms with E-state index in [9.17, 15) is 33.6 Å². The number of morpholine rings is 1. The first-order valence-corrected chi connectivity index (χ1v) is 14.0. The summed E-state index contributed by atoms with van der Waals surface area (Å²) < 4.78 is 50.8. The highest BCUT2D eigenvalue weighted by molar-refractivity contribution is 5.81. The summed E-state index contributed by atoms with van der Waals surface area (Å²) in [7, 11) is 0. The van der Waals surface area contributed by atoms with Gasteiger partial charge in [0.2, 0.25) is 18.1 Å². The molecule has 0 aromatic heterocycles. The molecule has 0 radical (unpaired) electrons. The van der Waals surface area contributed by atoms with Crippen LogP contribution in [0.5, 0.6) is 0 Å². The summed E-state index contributed by atoms with van der Waals surface area (Å²) in [5, 5.41) is 5.24. The minimum atomic E-state index is -1.53. The van der Waals surface area contributed by atoms with Gasteiger partial charge in [0, 0.05) is 41.5 Å². The molecule has 11 atom stereocenters. The van der Waals surface area contributed by atoms with Crippen molar-refractivity contribution in [2.45, 2.75) is 116 Å². The van der Waals surface area contributed by atoms with Crippen molar-refractivity contribution >= 4 is 41.7 Å². The molecule has 45 heavy (non-hydrogen) atoms. The number of esters is 5. The Morgan fingerprint density at radius 1 is 0.689 bits per heavy atom. The van der Waals surface area contributed by atoms with Crippen LogP contribution in [-0.2, 0) is 76.2 Å². The van der Waals surface area contributed by atoms with Crippen molar-refractivity contribution < 1.29 is 76.2 Å². The molecule has 0 aromatic carbocycles. The lowest BCUT2D eigenvalue weighted by Crippen LogP contribution is -2.73. The smallest absolute Gasteiger partial charge is 0.305 e. The van der Waals surface area contributed by atoms with Crippen molar-refractivity contribution in [2.75, 3.05) is 13.2 Å². The highest BCUT2D eigenvalue weighted by atomic mass is 16.8. The summed E-state index contributed by atoms with van der Waals surface area (Å²) in [4.78, 5) is 84.6. The van der Waals surface area contributed by atoms with E-state index in [1.807, 2.05) is 0 Å². The zero-order valence-electron chi connectivity index (χ0n) is 25.8. The SMILES string of the molecule is CC(=O)N[C@H]1[C@H](OC(C)=O)O[C@H](COC(C)=O)[C@@H](O[C@@H]2O[C@H](COC(C)=O)[C@@H](OC(C)=O)[C@@H]3O[C@H](C)C(=O)N[C@@H]23)[C@@H]1OC(C)=O. The number of rotatable bonds is 10. The van der Waals surface area contributed by atoms with E-state index in [4.69, 9.17) is 42.6 Å². The Morgan fingerprint density at radius 3 is 1.71 bits per heavy atom. The minimum Gasteiger partial charge on any atom is -0.463 e. The summed E-state index contributed by atoms with van der Waals surface area (Å²) in [6.07, 6.45) is -11.7. The maximum atomic E-state index is 12.7. The molecule has 0 aromatic rings. The maximum Gasteiger partial charge on any atom is 0.305 e. The van der Waals surface area contributed by atoms with Crippen LogP contribution in [0.15, 0.2) is 0 Å². The number of carbonyl (C=O) groups excluding carboxylic acids is 7. The fourth-order valence-corrected chi connectivity index (χ4v) is 5.12. The molecule has 3 rings (SSSR count). The Bertz CT molecular complexity index is 1160. The Morgan fingerprint density at radius 2 is 1.20 bits per heavy atom. The molecular formula is C27H38N2O16. The van der Waals surface area contributed by atoms with Gasteiger partial charge in [-0.05, 0) is 6.92 Å². The summed E-state index contributed by atoms with van der Waals surface area (Å²) >= 11 is 0. The monoisotopic (exact) mass is 646 g/mol. The standard InChI is InChI=1S/C27H38N2O16/c1-10-25(36)29-20-23(39-10)21(40-14(5)33)17(8-37-12(3)31)44-27(20)45-22-18(9-38-13(4)32)43-26(42-16(7)35)19(28-11(2)30)24(22)41-15(6)34/h10,17-24,26-27H,8-9H2,1-7H3,(H,28,30)(H,29,36)/t10-,17-,18-,19-,20-,21-,22-,23-,24-,26-,27+/m1/s1. The molecule has 3 saturated heterocycles. The van der Waals surface area contributed by atoms with E-state index in [-0.39, 0.29) is 0 Å². The van der Waals surface area contributed by atoms with Crippen molar-refractivity contribution in [3.05, 3.63) is 0 Å². The molecule has 3 aliphatic heterocycles. The van der Waals surface area contributed by atoms with Crippen LogP contribution in [0, 0.1) is 0 Å². The van der Waals surface area contributed by atoms with Crippen molar-refractivity contribution in [1.82, 2.24) is 10.6 Å². The van der Waals surface area contributed by atoms with Gasteiger partial charge in [-0.15, -0.1) is 0 Å². The number of hydrogen-bond acceptors (Lipinski definition) is 16.